The molecule has 0 spiro atoms. The van der Waals surface area contributed by atoms with E-state index in [0.717, 1.165) is 28.7 Å². The minimum Gasteiger partial charge on any atom is -0.361 e. The van der Waals surface area contributed by atoms with E-state index in [9.17, 15) is 4.79 Å². The second kappa shape index (κ2) is 9.55. The molecule has 0 aliphatic carbocycles. The molecule has 0 radical (unpaired) electrons. The maximum absolute atomic E-state index is 11.4. The number of hydrogen-bond donors (Lipinski definition) is 1. The Balaban J connectivity index is 1.92. The first kappa shape index (κ1) is 22.2. The largest absolute Gasteiger partial charge is 0.361 e. The van der Waals surface area contributed by atoms with Crippen LogP contribution in [-0.2, 0) is 16.3 Å². The number of pyridine rings is 1. The Morgan fingerprint density at radius 2 is 2.00 bits per heavy atom. The fraction of sp³-hybridized carbons (Fsp3) is 0.318. The van der Waals surface area contributed by atoms with Crippen LogP contribution in [0.2, 0.25) is 30.7 Å². The van der Waals surface area contributed by atoms with Crippen LogP contribution in [0.4, 0.5) is 5.82 Å². The monoisotopic (exact) mass is 442 g/mol. The van der Waals surface area contributed by atoms with Crippen molar-refractivity contribution in [2.24, 2.45) is 0 Å². The topological polar surface area (TPSA) is 69.0 Å². The number of amides is 1. The maximum atomic E-state index is 11.4. The number of anilines is 1. The van der Waals surface area contributed by atoms with E-state index in [-0.39, 0.29) is 5.91 Å². The smallest absolute Gasteiger partial charge is 0.222 e. The number of nitrogens with one attached hydrogen (secondary N) is 1. The number of carbonyl (C=O) groups excluding carboxylic acids is 1. The molecule has 2 aromatic heterocycles. The fourth-order valence-electron chi connectivity index (χ4n) is 2.89. The Morgan fingerprint density at radius 1 is 1.23 bits per heavy atom. The van der Waals surface area contributed by atoms with Crippen molar-refractivity contribution in [1.82, 2.24) is 14.5 Å². The summed E-state index contributed by atoms with van der Waals surface area (Å²) in [5.74, 6) is 1.06. The molecule has 0 bridgehead atoms. The lowest BCUT2D eigenvalue weighted by Gasteiger charge is -2.16. The van der Waals surface area contributed by atoms with E-state index in [1.54, 1.807) is 12.3 Å². The summed E-state index contributed by atoms with van der Waals surface area (Å²) in [6.45, 7) is 9.55. The SMILES string of the molecule is CC(=O)Nc1cc(-c2cn(COCC[Si](C)(C)C)c(-c3ccccc3Cl)n2)ccn1. The number of halogens is 1. The highest BCUT2D eigenvalue weighted by Crippen LogP contribution is 2.30. The van der Waals surface area contributed by atoms with Gasteiger partial charge in [-0.1, -0.05) is 43.4 Å². The predicted octanol–water partition coefficient (Wildman–Crippen LogP) is 5.54. The second-order valence-electron chi connectivity index (χ2n) is 8.36. The Hall–Kier alpha value is -2.48. The summed E-state index contributed by atoms with van der Waals surface area (Å²) >= 11 is 6.44. The summed E-state index contributed by atoms with van der Waals surface area (Å²) in [6, 6.07) is 12.4. The van der Waals surface area contributed by atoms with Crippen molar-refractivity contribution in [2.75, 3.05) is 11.9 Å². The normalized spacial score (nSPS) is 11.5. The molecule has 1 aromatic carbocycles. The van der Waals surface area contributed by atoms with Crippen molar-refractivity contribution in [3.05, 3.63) is 53.8 Å². The van der Waals surface area contributed by atoms with Gasteiger partial charge in [-0.15, -0.1) is 0 Å². The van der Waals surface area contributed by atoms with Gasteiger partial charge in [0.2, 0.25) is 5.91 Å². The van der Waals surface area contributed by atoms with Crippen LogP contribution >= 0.6 is 11.6 Å². The molecular formula is C22H27ClN4O2Si. The van der Waals surface area contributed by atoms with Gasteiger partial charge in [0.25, 0.3) is 0 Å². The molecule has 0 fully saturated rings. The van der Waals surface area contributed by atoms with E-state index in [0.29, 0.717) is 24.2 Å². The van der Waals surface area contributed by atoms with Crippen LogP contribution < -0.4 is 5.32 Å². The van der Waals surface area contributed by atoms with Crippen molar-refractivity contribution < 1.29 is 9.53 Å². The number of ether oxygens (including phenoxy) is 1. The fourth-order valence-corrected chi connectivity index (χ4v) is 3.87. The van der Waals surface area contributed by atoms with Crippen LogP contribution in [0.3, 0.4) is 0 Å². The Kier molecular flexibility index (Phi) is 7.07. The van der Waals surface area contributed by atoms with Crippen molar-refractivity contribution in [2.45, 2.75) is 39.3 Å². The summed E-state index contributed by atoms with van der Waals surface area (Å²) in [5, 5.41) is 3.34. The van der Waals surface area contributed by atoms with Crippen molar-refractivity contribution in [1.29, 1.82) is 0 Å². The summed E-state index contributed by atoms with van der Waals surface area (Å²) in [5.41, 5.74) is 2.45. The number of rotatable bonds is 8. The molecular weight excluding hydrogens is 416 g/mol. The van der Waals surface area contributed by atoms with Gasteiger partial charge in [-0.3, -0.25) is 4.79 Å². The Morgan fingerprint density at radius 3 is 2.70 bits per heavy atom. The average molecular weight is 443 g/mol. The molecule has 3 rings (SSSR count). The zero-order valence-corrected chi connectivity index (χ0v) is 19.5. The minimum atomic E-state index is -1.16. The van der Waals surface area contributed by atoms with Gasteiger partial charge in [-0.05, 0) is 30.3 Å². The van der Waals surface area contributed by atoms with E-state index in [4.69, 9.17) is 21.3 Å². The van der Waals surface area contributed by atoms with E-state index < -0.39 is 8.07 Å². The zero-order valence-electron chi connectivity index (χ0n) is 17.8. The first-order valence-corrected chi connectivity index (χ1v) is 14.0. The Labute approximate surface area is 183 Å². The van der Waals surface area contributed by atoms with Gasteiger partial charge < -0.3 is 14.6 Å². The summed E-state index contributed by atoms with van der Waals surface area (Å²) in [6.07, 6.45) is 3.60. The molecule has 0 saturated carbocycles. The lowest BCUT2D eigenvalue weighted by molar-refractivity contribution is -0.114. The highest BCUT2D eigenvalue weighted by molar-refractivity contribution is 6.76. The molecule has 0 saturated heterocycles. The van der Waals surface area contributed by atoms with Gasteiger partial charge in [0, 0.05) is 45.1 Å². The molecule has 0 unspecified atom stereocenters. The third-order valence-electron chi connectivity index (χ3n) is 4.48. The zero-order chi connectivity index (χ0) is 21.7. The van der Waals surface area contributed by atoms with E-state index >= 15 is 0 Å². The van der Waals surface area contributed by atoms with Crippen LogP contribution in [0.1, 0.15) is 6.92 Å². The van der Waals surface area contributed by atoms with Gasteiger partial charge >= 0.3 is 0 Å². The predicted molar refractivity (Wildman–Crippen MR) is 124 cm³/mol. The molecule has 0 aliphatic rings. The van der Waals surface area contributed by atoms with Gasteiger partial charge in [-0.2, -0.15) is 0 Å². The lowest BCUT2D eigenvalue weighted by Crippen LogP contribution is -2.22. The van der Waals surface area contributed by atoms with Crippen LogP contribution in [-0.4, -0.2) is 35.1 Å². The van der Waals surface area contributed by atoms with Gasteiger partial charge in [0.05, 0.1) is 10.7 Å². The van der Waals surface area contributed by atoms with Crippen LogP contribution in [0.5, 0.6) is 0 Å². The number of hydrogen-bond acceptors (Lipinski definition) is 4. The molecule has 158 valence electrons. The van der Waals surface area contributed by atoms with Gasteiger partial charge in [-0.25, -0.2) is 9.97 Å². The number of nitrogens with zero attached hydrogens (tertiary/aromatic N) is 3. The quantitative estimate of drug-likeness (QED) is 0.367. The summed E-state index contributed by atoms with van der Waals surface area (Å²) in [4.78, 5) is 20.4. The van der Waals surface area contributed by atoms with Crippen LogP contribution in [0.25, 0.3) is 22.6 Å². The summed E-state index contributed by atoms with van der Waals surface area (Å²) in [7, 11) is -1.16. The molecule has 8 heteroatoms. The van der Waals surface area contributed by atoms with E-state index in [2.05, 4.69) is 29.9 Å². The second-order valence-corrected chi connectivity index (χ2v) is 14.4. The maximum Gasteiger partial charge on any atom is 0.222 e. The first-order chi connectivity index (χ1) is 14.2. The molecule has 0 aliphatic heterocycles. The highest BCUT2D eigenvalue weighted by atomic mass is 35.5. The highest BCUT2D eigenvalue weighted by Gasteiger charge is 2.16. The number of aromatic nitrogens is 3. The third-order valence-corrected chi connectivity index (χ3v) is 6.51. The van der Waals surface area contributed by atoms with E-state index in [1.165, 1.54) is 6.92 Å². The molecule has 1 N–H and O–H groups in total. The van der Waals surface area contributed by atoms with Crippen LogP contribution in [0, 0.1) is 0 Å². The minimum absolute atomic E-state index is 0.169. The van der Waals surface area contributed by atoms with Crippen LogP contribution in [0.15, 0.2) is 48.8 Å². The number of carbonyl (C=O) groups is 1. The molecule has 3 aromatic rings. The molecule has 2 heterocycles. The molecule has 0 atom stereocenters. The molecule has 1 amide bonds. The van der Waals surface area contributed by atoms with E-state index in [1.807, 2.05) is 41.1 Å². The van der Waals surface area contributed by atoms with Gasteiger partial charge in [0.1, 0.15) is 18.4 Å². The number of imidazole rings is 1. The lowest BCUT2D eigenvalue weighted by atomic mass is 10.2. The summed E-state index contributed by atoms with van der Waals surface area (Å²) < 4.78 is 7.94. The van der Waals surface area contributed by atoms with Crippen molar-refractivity contribution in [3.63, 3.8) is 0 Å². The first-order valence-electron chi connectivity index (χ1n) is 9.87. The molecule has 6 nitrogen and oxygen atoms in total. The molecule has 30 heavy (non-hydrogen) atoms. The third kappa shape index (κ3) is 6.01. The van der Waals surface area contributed by atoms with Crippen molar-refractivity contribution in [3.8, 4) is 22.6 Å². The number of benzene rings is 1. The standard InChI is InChI=1S/C22H27ClN4O2Si/c1-16(28)25-21-13-17(9-10-24-21)20-14-27(15-29-11-12-30(2,3)4)22(26-20)18-7-5-6-8-19(18)23/h5-10,13-14H,11-12,15H2,1-4H3,(H,24,25,28). The van der Waals surface area contributed by atoms with Gasteiger partial charge in [0.15, 0.2) is 0 Å². The average Bonchev–Trinajstić information content (AvgIpc) is 3.08. The van der Waals surface area contributed by atoms with Crippen molar-refractivity contribution >= 4 is 31.4 Å². The Bertz CT molecular complexity index is 1030.